The molecule has 0 saturated carbocycles. The second-order valence-corrected chi connectivity index (χ2v) is 5.65. The van der Waals surface area contributed by atoms with Crippen molar-refractivity contribution in [1.82, 2.24) is 15.1 Å². The molecule has 2 aliphatic heterocycles. The summed E-state index contributed by atoms with van der Waals surface area (Å²) in [6, 6.07) is -0.225. The predicted molar refractivity (Wildman–Crippen MR) is 67.1 cm³/mol. The van der Waals surface area contributed by atoms with Crippen LogP contribution in [0.1, 0.15) is 12.8 Å². The molecule has 2 aliphatic rings. The molecule has 0 radical (unpaired) electrons. The number of likely N-dealkylation sites (N-methyl/N-ethyl adjacent to an activating group) is 1. The fourth-order valence-corrected chi connectivity index (χ4v) is 2.86. The number of aliphatic hydroxyl groups excluding tert-OH is 2. The van der Waals surface area contributed by atoms with Crippen molar-refractivity contribution in [3.63, 3.8) is 0 Å². The zero-order valence-corrected chi connectivity index (χ0v) is 11.0. The third-order valence-corrected chi connectivity index (χ3v) is 3.66. The summed E-state index contributed by atoms with van der Waals surface area (Å²) in [5, 5.41) is 22.2. The number of nitrogens with zero attached hydrogens (tertiary/aromatic N) is 2. The summed E-state index contributed by atoms with van der Waals surface area (Å²) in [5.41, 5.74) is 0. The second-order valence-electron chi connectivity index (χ2n) is 5.65. The molecule has 0 aliphatic carbocycles. The van der Waals surface area contributed by atoms with Crippen LogP contribution < -0.4 is 5.32 Å². The van der Waals surface area contributed by atoms with Crippen LogP contribution in [-0.2, 0) is 4.79 Å². The van der Waals surface area contributed by atoms with Crippen LogP contribution in [0.3, 0.4) is 0 Å². The van der Waals surface area contributed by atoms with E-state index in [4.69, 9.17) is 0 Å². The largest absolute Gasteiger partial charge is 0.392 e. The van der Waals surface area contributed by atoms with Crippen molar-refractivity contribution in [2.45, 2.75) is 37.1 Å². The lowest BCUT2D eigenvalue weighted by Gasteiger charge is -2.29. The normalized spacial score (nSPS) is 36.6. The molecule has 2 rings (SSSR count). The Labute approximate surface area is 108 Å². The van der Waals surface area contributed by atoms with E-state index in [-0.39, 0.29) is 18.0 Å². The van der Waals surface area contributed by atoms with Crippen LogP contribution in [0.5, 0.6) is 0 Å². The molecular weight excluding hydrogens is 234 g/mol. The Morgan fingerprint density at radius 1 is 1.33 bits per heavy atom. The third kappa shape index (κ3) is 3.00. The van der Waals surface area contributed by atoms with Crippen molar-refractivity contribution in [3.05, 3.63) is 0 Å². The van der Waals surface area contributed by atoms with E-state index in [0.717, 1.165) is 6.54 Å². The van der Waals surface area contributed by atoms with Crippen LogP contribution in [0.25, 0.3) is 0 Å². The van der Waals surface area contributed by atoms with Crippen LogP contribution >= 0.6 is 0 Å². The van der Waals surface area contributed by atoms with Crippen LogP contribution in [0.2, 0.25) is 0 Å². The fourth-order valence-electron chi connectivity index (χ4n) is 2.86. The number of carbonyl (C=O) groups excluding carboxylic acids is 1. The minimum atomic E-state index is -0.432. The lowest BCUT2D eigenvalue weighted by Crippen LogP contribution is -2.48. The number of hydrogen-bond donors (Lipinski definition) is 3. The second kappa shape index (κ2) is 5.52. The number of carbonyl (C=O) groups is 1. The molecule has 0 bridgehead atoms. The average Bonchev–Trinajstić information content (AvgIpc) is 2.83. The number of likely N-dealkylation sites (tertiary alicyclic amines) is 1. The zero-order chi connectivity index (χ0) is 13.3. The van der Waals surface area contributed by atoms with Gasteiger partial charge in [-0.1, -0.05) is 0 Å². The number of amides is 1. The lowest BCUT2D eigenvalue weighted by atomic mass is 10.1. The number of rotatable bonds is 3. The van der Waals surface area contributed by atoms with E-state index in [2.05, 4.69) is 5.32 Å². The SMILES string of the molecule is CN(C)CC1CC(O)CN1C(=O)C1CC(O)CN1. The summed E-state index contributed by atoms with van der Waals surface area (Å²) in [5.74, 6) is 0.00921. The number of β-amino-alcohol motifs (C(OH)–C–C–N with tert-alkyl or cyclic N) is 2. The highest BCUT2D eigenvalue weighted by molar-refractivity contribution is 5.83. The molecule has 104 valence electrons. The fraction of sp³-hybridized carbons (Fsp3) is 0.917. The zero-order valence-electron chi connectivity index (χ0n) is 11.0. The highest BCUT2D eigenvalue weighted by Gasteiger charge is 2.39. The van der Waals surface area contributed by atoms with Crippen LogP contribution in [0.4, 0.5) is 0 Å². The van der Waals surface area contributed by atoms with Gasteiger partial charge in [-0.25, -0.2) is 0 Å². The van der Waals surface area contributed by atoms with Gasteiger partial charge in [0.05, 0.1) is 18.2 Å². The van der Waals surface area contributed by atoms with Crippen molar-refractivity contribution in [3.8, 4) is 0 Å². The number of nitrogens with one attached hydrogen (secondary N) is 1. The van der Waals surface area contributed by atoms with Gasteiger partial charge in [0.25, 0.3) is 0 Å². The van der Waals surface area contributed by atoms with Gasteiger partial charge in [-0.15, -0.1) is 0 Å². The van der Waals surface area contributed by atoms with E-state index in [1.54, 1.807) is 4.90 Å². The van der Waals surface area contributed by atoms with Crippen LogP contribution in [0, 0.1) is 0 Å². The first-order valence-corrected chi connectivity index (χ1v) is 6.52. The monoisotopic (exact) mass is 257 g/mol. The summed E-state index contributed by atoms with van der Waals surface area (Å²) in [6.45, 7) is 1.65. The van der Waals surface area contributed by atoms with E-state index in [1.165, 1.54) is 0 Å². The predicted octanol–water partition coefficient (Wildman–Crippen LogP) is -1.77. The summed E-state index contributed by atoms with van der Waals surface area (Å²) < 4.78 is 0. The first-order chi connectivity index (χ1) is 8.47. The summed E-state index contributed by atoms with van der Waals surface area (Å²) in [6.07, 6.45) is 0.253. The molecule has 6 heteroatoms. The Balaban J connectivity index is 1.98. The molecule has 1 amide bonds. The van der Waals surface area contributed by atoms with Crippen LogP contribution in [0.15, 0.2) is 0 Å². The maximum atomic E-state index is 12.4. The third-order valence-electron chi connectivity index (χ3n) is 3.66. The Bertz CT molecular complexity index is 311. The molecule has 18 heavy (non-hydrogen) atoms. The van der Waals surface area contributed by atoms with Crippen molar-refractivity contribution in [1.29, 1.82) is 0 Å². The molecule has 0 aromatic heterocycles. The Kier molecular flexibility index (Phi) is 4.21. The van der Waals surface area contributed by atoms with Crippen LogP contribution in [-0.4, -0.2) is 83.9 Å². The van der Waals surface area contributed by atoms with Gasteiger partial charge in [0.1, 0.15) is 0 Å². The lowest BCUT2D eigenvalue weighted by molar-refractivity contribution is -0.134. The van der Waals surface area contributed by atoms with Gasteiger partial charge < -0.3 is 25.3 Å². The van der Waals surface area contributed by atoms with E-state index < -0.39 is 12.2 Å². The molecule has 0 aromatic carbocycles. The van der Waals surface area contributed by atoms with Gasteiger partial charge in [-0.3, -0.25) is 4.79 Å². The first-order valence-electron chi connectivity index (χ1n) is 6.52. The van der Waals surface area contributed by atoms with Crippen molar-refractivity contribution >= 4 is 5.91 Å². The first kappa shape index (κ1) is 13.7. The molecule has 0 spiro atoms. The van der Waals surface area contributed by atoms with Crippen molar-refractivity contribution < 1.29 is 15.0 Å². The number of hydrogen-bond acceptors (Lipinski definition) is 5. The molecule has 0 aromatic rings. The van der Waals surface area contributed by atoms with E-state index >= 15 is 0 Å². The molecule has 6 nitrogen and oxygen atoms in total. The molecule has 2 saturated heterocycles. The molecule has 3 N–H and O–H groups in total. The van der Waals surface area contributed by atoms with E-state index in [0.29, 0.717) is 25.9 Å². The summed E-state index contributed by atoms with van der Waals surface area (Å²) in [4.78, 5) is 16.1. The van der Waals surface area contributed by atoms with Gasteiger partial charge in [-0.2, -0.15) is 0 Å². The summed E-state index contributed by atoms with van der Waals surface area (Å²) >= 11 is 0. The molecule has 2 fully saturated rings. The number of aliphatic hydroxyl groups is 2. The standard InChI is InChI=1S/C12H23N3O3/c1-14(2)6-8-3-10(17)7-15(8)12(18)11-4-9(16)5-13-11/h8-11,13,16-17H,3-7H2,1-2H3. The quantitative estimate of drug-likeness (QED) is 0.558. The topological polar surface area (TPSA) is 76.0 Å². The highest BCUT2D eigenvalue weighted by atomic mass is 16.3. The van der Waals surface area contributed by atoms with Gasteiger partial charge in [0.2, 0.25) is 5.91 Å². The molecule has 4 atom stereocenters. The Hall–Kier alpha value is -0.690. The van der Waals surface area contributed by atoms with E-state index in [1.807, 2.05) is 19.0 Å². The van der Waals surface area contributed by atoms with Gasteiger partial charge in [0, 0.05) is 25.7 Å². The minimum Gasteiger partial charge on any atom is -0.392 e. The van der Waals surface area contributed by atoms with Crippen molar-refractivity contribution in [2.75, 3.05) is 33.7 Å². The molecular formula is C12H23N3O3. The average molecular weight is 257 g/mol. The van der Waals surface area contributed by atoms with Gasteiger partial charge in [0.15, 0.2) is 0 Å². The maximum absolute atomic E-state index is 12.4. The summed E-state index contributed by atoms with van der Waals surface area (Å²) in [7, 11) is 3.93. The maximum Gasteiger partial charge on any atom is 0.240 e. The highest BCUT2D eigenvalue weighted by Crippen LogP contribution is 2.21. The minimum absolute atomic E-state index is 0.00921. The van der Waals surface area contributed by atoms with Gasteiger partial charge in [-0.05, 0) is 26.9 Å². The molecule has 2 heterocycles. The van der Waals surface area contributed by atoms with Crippen molar-refractivity contribution in [2.24, 2.45) is 0 Å². The van der Waals surface area contributed by atoms with Gasteiger partial charge >= 0.3 is 0 Å². The van der Waals surface area contributed by atoms with E-state index in [9.17, 15) is 15.0 Å². The Morgan fingerprint density at radius 3 is 2.61 bits per heavy atom. The Morgan fingerprint density at radius 2 is 2.06 bits per heavy atom. The smallest absolute Gasteiger partial charge is 0.240 e. The molecule has 4 unspecified atom stereocenters.